The van der Waals surface area contributed by atoms with E-state index >= 15 is 0 Å². The smallest absolute Gasteiger partial charge is 0.0906 e. The second-order valence-corrected chi connectivity index (χ2v) is 6.08. The van der Waals surface area contributed by atoms with E-state index in [-0.39, 0.29) is 0 Å². The van der Waals surface area contributed by atoms with Gasteiger partial charge < -0.3 is 0 Å². The Hall–Kier alpha value is -1.26. The first kappa shape index (κ1) is 10.9. The van der Waals surface area contributed by atoms with E-state index in [9.17, 15) is 0 Å². The van der Waals surface area contributed by atoms with Crippen molar-refractivity contribution in [3.8, 4) is 0 Å². The van der Waals surface area contributed by atoms with E-state index in [2.05, 4.69) is 28.4 Å². The van der Waals surface area contributed by atoms with Crippen molar-refractivity contribution >= 4 is 43.7 Å². The fourth-order valence-corrected chi connectivity index (χ4v) is 3.11. The van der Waals surface area contributed by atoms with Gasteiger partial charge in [0.05, 0.1) is 22.1 Å². The fraction of sp³-hybridized carbons (Fsp3) is 0.0769. The lowest BCUT2D eigenvalue weighted by molar-refractivity contribution is 1.36. The molecule has 3 rings (SSSR count). The Bertz CT molecular complexity index is 682. The minimum atomic E-state index is 0.949. The van der Waals surface area contributed by atoms with E-state index in [1.807, 2.05) is 30.3 Å². The third-order valence-corrected chi connectivity index (χ3v) is 4.18. The third kappa shape index (κ3) is 2.10. The normalized spacial score (nSPS) is 11.1. The Kier molecular flexibility index (Phi) is 2.91. The van der Waals surface area contributed by atoms with Gasteiger partial charge >= 0.3 is 0 Å². The summed E-state index contributed by atoms with van der Waals surface area (Å²) in [5.41, 5.74) is 3.81. The lowest BCUT2D eigenvalue weighted by Gasteiger charge is -2.02. The minimum absolute atomic E-state index is 0.949. The van der Waals surface area contributed by atoms with Gasteiger partial charge in [0, 0.05) is 4.90 Å². The zero-order chi connectivity index (χ0) is 11.7. The highest BCUT2D eigenvalue weighted by molar-refractivity contribution is 8.76. The Morgan fingerprint density at radius 3 is 2.18 bits per heavy atom. The summed E-state index contributed by atoms with van der Waals surface area (Å²) in [6.07, 6.45) is 2.07. The molecule has 4 heteroatoms. The van der Waals surface area contributed by atoms with Crippen LogP contribution in [0, 0.1) is 0 Å². The van der Waals surface area contributed by atoms with Crippen molar-refractivity contribution in [1.82, 2.24) is 9.97 Å². The molecule has 0 atom stereocenters. The summed E-state index contributed by atoms with van der Waals surface area (Å²) < 4.78 is 0. The predicted molar refractivity (Wildman–Crippen MR) is 76.4 cm³/mol. The van der Waals surface area contributed by atoms with Gasteiger partial charge in [0.1, 0.15) is 0 Å². The summed E-state index contributed by atoms with van der Waals surface area (Å²) in [4.78, 5) is 10.5. The number of fused-ring (bicyclic) bond motifs is 2. The summed E-state index contributed by atoms with van der Waals surface area (Å²) in [6, 6.07) is 14.2. The number of benzene rings is 2. The standard InChI is InChI=1S/C13H10N2S2/c1-16-17-9-6-7-12-13(8-9)15-11-5-3-2-4-10(11)14-12/h2-8H,1H3. The van der Waals surface area contributed by atoms with Crippen LogP contribution in [0.15, 0.2) is 47.4 Å². The molecule has 0 radical (unpaired) electrons. The molecular formula is C13H10N2S2. The lowest BCUT2D eigenvalue weighted by Crippen LogP contribution is -1.86. The highest BCUT2D eigenvalue weighted by atomic mass is 33.1. The van der Waals surface area contributed by atoms with Crippen LogP contribution in [0.2, 0.25) is 0 Å². The van der Waals surface area contributed by atoms with Crippen molar-refractivity contribution in [2.75, 3.05) is 6.26 Å². The maximum Gasteiger partial charge on any atom is 0.0906 e. The molecule has 0 N–H and O–H groups in total. The average molecular weight is 258 g/mol. The molecule has 17 heavy (non-hydrogen) atoms. The zero-order valence-corrected chi connectivity index (χ0v) is 10.9. The molecule has 0 unspecified atom stereocenters. The van der Waals surface area contributed by atoms with Gasteiger partial charge in [-0.25, -0.2) is 9.97 Å². The number of para-hydroxylation sites is 2. The van der Waals surface area contributed by atoms with Gasteiger partial charge in [-0.15, -0.1) is 0 Å². The summed E-state index contributed by atoms with van der Waals surface area (Å²) in [6.45, 7) is 0. The van der Waals surface area contributed by atoms with Crippen LogP contribution in [0.3, 0.4) is 0 Å². The van der Waals surface area contributed by atoms with Crippen LogP contribution >= 0.6 is 21.6 Å². The van der Waals surface area contributed by atoms with Crippen LogP contribution in [0.5, 0.6) is 0 Å². The Balaban J connectivity index is 2.25. The fourth-order valence-electron chi connectivity index (χ4n) is 1.75. The largest absolute Gasteiger partial charge is 0.245 e. The second-order valence-electron chi connectivity index (χ2n) is 3.61. The van der Waals surface area contributed by atoms with Crippen LogP contribution in [-0.2, 0) is 0 Å². The highest BCUT2D eigenvalue weighted by Crippen LogP contribution is 2.30. The third-order valence-electron chi connectivity index (χ3n) is 2.49. The van der Waals surface area contributed by atoms with Crippen LogP contribution in [0.4, 0.5) is 0 Å². The Labute approximate surface area is 107 Å². The topological polar surface area (TPSA) is 25.8 Å². The SMILES string of the molecule is CSSc1ccc2nc3ccccc3nc2c1. The molecule has 2 aromatic carbocycles. The molecule has 0 fully saturated rings. The molecule has 3 aromatic rings. The van der Waals surface area contributed by atoms with E-state index in [1.54, 1.807) is 21.6 Å². The lowest BCUT2D eigenvalue weighted by atomic mass is 10.2. The van der Waals surface area contributed by atoms with Crippen molar-refractivity contribution in [1.29, 1.82) is 0 Å². The van der Waals surface area contributed by atoms with Gasteiger partial charge in [-0.05, 0) is 36.6 Å². The maximum atomic E-state index is 4.64. The van der Waals surface area contributed by atoms with Crippen molar-refractivity contribution in [3.05, 3.63) is 42.5 Å². The Morgan fingerprint density at radius 1 is 0.824 bits per heavy atom. The summed E-state index contributed by atoms with van der Waals surface area (Å²) >= 11 is 0. The monoisotopic (exact) mass is 258 g/mol. The molecular weight excluding hydrogens is 248 g/mol. The van der Waals surface area contributed by atoms with E-state index < -0.39 is 0 Å². The summed E-state index contributed by atoms with van der Waals surface area (Å²) in [5.74, 6) is 0. The first-order valence-corrected chi connectivity index (χ1v) is 7.80. The molecule has 0 aliphatic heterocycles. The summed E-state index contributed by atoms with van der Waals surface area (Å²) in [5, 5.41) is 0. The van der Waals surface area contributed by atoms with Crippen LogP contribution in [0.25, 0.3) is 22.1 Å². The molecule has 2 nitrogen and oxygen atoms in total. The van der Waals surface area contributed by atoms with Crippen LogP contribution in [-0.4, -0.2) is 16.2 Å². The number of hydrogen-bond acceptors (Lipinski definition) is 4. The van der Waals surface area contributed by atoms with E-state index in [0.717, 1.165) is 22.1 Å². The number of nitrogens with zero attached hydrogens (tertiary/aromatic N) is 2. The molecule has 1 heterocycles. The Morgan fingerprint density at radius 2 is 1.47 bits per heavy atom. The molecule has 0 aliphatic rings. The van der Waals surface area contributed by atoms with Crippen LogP contribution < -0.4 is 0 Å². The van der Waals surface area contributed by atoms with Gasteiger partial charge in [-0.2, -0.15) is 0 Å². The van der Waals surface area contributed by atoms with Gasteiger partial charge in [-0.1, -0.05) is 33.7 Å². The zero-order valence-electron chi connectivity index (χ0n) is 9.25. The molecule has 0 saturated carbocycles. The molecule has 0 saturated heterocycles. The molecule has 1 aromatic heterocycles. The first-order chi connectivity index (χ1) is 8.36. The van der Waals surface area contributed by atoms with Gasteiger partial charge in [0.2, 0.25) is 0 Å². The van der Waals surface area contributed by atoms with Crippen molar-refractivity contribution in [2.24, 2.45) is 0 Å². The molecule has 0 amide bonds. The summed E-state index contributed by atoms with van der Waals surface area (Å²) in [7, 11) is 3.48. The van der Waals surface area contributed by atoms with Crippen molar-refractivity contribution in [3.63, 3.8) is 0 Å². The van der Waals surface area contributed by atoms with E-state index in [4.69, 9.17) is 0 Å². The van der Waals surface area contributed by atoms with Gasteiger partial charge in [-0.3, -0.25) is 0 Å². The number of aromatic nitrogens is 2. The van der Waals surface area contributed by atoms with E-state index in [0.29, 0.717) is 0 Å². The first-order valence-electron chi connectivity index (χ1n) is 5.24. The molecule has 84 valence electrons. The van der Waals surface area contributed by atoms with E-state index in [1.165, 1.54) is 4.90 Å². The predicted octanol–water partition coefficient (Wildman–Crippen LogP) is 4.15. The highest BCUT2D eigenvalue weighted by Gasteiger charge is 2.02. The van der Waals surface area contributed by atoms with Crippen molar-refractivity contribution in [2.45, 2.75) is 4.90 Å². The van der Waals surface area contributed by atoms with Gasteiger partial charge in [0.25, 0.3) is 0 Å². The second kappa shape index (κ2) is 4.55. The quantitative estimate of drug-likeness (QED) is 0.509. The number of rotatable bonds is 2. The number of hydrogen-bond donors (Lipinski definition) is 0. The van der Waals surface area contributed by atoms with Crippen LogP contribution in [0.1, 0.15) is 0 Å². The maximum absolute atomic E-state index is 4.64. The van der Waals surface area contributed by atoms with Crippen molar-refractivity contribution < 1.29 is 0 Å². The molecule has 0 aliphatic carbocycles. The minimum Gasteiger partial charge on any atom is -0.245 e. The van der Waals surface area contributed by atoms with Gasteiger partial charge in [0.15, 0.2) is 0 Å². The molecule has 0 spiro atoms. The average Bonchev–Trinajstić information content (AvgIpc) is 2.36. The molecule has 0 bridgehead atoms.